The van der Waals surface area contributed by atoms with E-state index in [0.29, 0.717) is 27.5 Å². The van der Waals surface area contributed by atoms with E-state index in [9.17, 15) is 13.2 Å². The summed E-state index contributed by atoms with van der Waals surface area (Å²) in [5.41, 5.74) is 0.693. The maximum absolute atomic E-state index is 15.2. The summed E-state index contributed by atoms with van der Waals surface area (Å²) < 4.78 is 44.8. The Balaban J connectivity index is 1.46. The number of imidazole rings is 1. The number of hydrogen-bond acceptors (Lipinski definition) is 6. The zero-order chi connectivity index (χ0) is 26.0. The third kappa shape index (κ3) is 6.04. The van der Waals surface area contributed by atoms with E-state index >= 15 is 4.39 Å². The number of amides is 1. The first-order valence-electron chi connectivity index (χ1n) is 11.3. The molecule has 1 atom stereocenters. The predicted molar refractivity (Wildman–Crippen MR) is 141 cm³/mol. The van der Waals surface area contributed by atoms with Gasteiger partial charge in [-0.1, -0.05) is 11.6 Å². The van der Waals surface area contributed by atoms with Gasteiger partial charge in [0.15, 0.2) is 0 Å². The van der Waals surface area contributed by atoms with Gasteiger partial charge in [-0.15, -0.1) is 11.3 Å². The summed E-state index contributed by atoms with van der Waals surface area (Å²) in [5.74, 6) is -0.307. The van der Waals surface area contributed by atoms with Crippen LogP contribution in [0.2, 0.25) is 4.34 Å². The molecule has 4 rings (SSSR count). The number of hydrogen-bond donors (Lipinski definition) is 1. The Morgan fingerprint density at radius 3 is 2.78 bits per heavy atom. The second kappa shape index (κ2) is 10.8. The minimum atomic E-state index is -3.88. The van der Waals surface area contributed by atoms with Crippen LogP contribution in [0, 0.1) is 5.82 Å². The van der Waals surface area contributed by atoms with Crippen LogP contribution >= 0.6 is 22.9 Å². The van der Waals surface area contributed by atoms with Crippen LogP contribution in [0.15, 0.2) is 48.1 Å². The fourth-order valence-electron chi connectivity index (χ4n) is 3.80. The molecule has 12 heteroatoms. The zero-order valence-corrected chi connectivity index (χ0v) is 22.4. The van der Waals surface area contributed by atoms with Crippen LogP contribution in [-0.4, -0.2) is 54.5 Å². The molecule has 8 nitrogen and oxygen atoms in total. The molecule has 3 heterocycles. The van der Waals surface area contributed by atoms with E-state index in [1.165, 1.54) is 34.4 Å². The van der Waals surface area contributed by atoms with Gasteiger partial charge in [0.25, 0.3) is 0 Å². The van der Waals surface area contributed by atoms with Crippen LogP contribution < -0.4 is 9.62 Å². The molecule has 0 saturated carbocycles. The van der Waals surface area contributed by atoms with Gasteiger partial charge in [0, 0.05) is 47.0 Å². The molecule has 1 aliphatic rings. The fraction of sp³-hybridized carbons (Fsp3) is 0.333. The number of sulfonamides is 1. The Labute approximate surface area is 219 Å². The van der Waals surface area contributed by atoms with Gasteiger partial charge in [-0.25, -0.2) is 17.8 Å². The minimum Gasteiger partial charge on any atom is -0.308 e. The van der Waals surface area contributed by atoms with Crippen molar-refractivity contribution in [3.05, 3.63) is 69.0 Å². The van der Waals surface area contributed by atoms with Gasteiger partial charge in [0.1, 0.15) is 17.7 Å². The van der Waals surface area contributed by atoms with Gasteiger partial charge in [0.2, 0.25) is 15.9 Å². The highest BCUT2D eigenvalue weighted by Gasteiger charge is 2.36. The van der Waals surface area contributed by atoms with Gasteiger partial charge in [-0.05, 0) is 57.7 Å². The molecule has 3 aromatic rings. The van der Waals surface area contributed by atoms with Crippen molar-refractivity contribution < 1.29 is 17.6 Å². The number of benzene rings is 1. The molecule has 0 bridgehead atoms. The monoisotopic (exact) mass is 551 g/mol. The molecule has 0 radical (unpaired) electrons. The molecule has 1 aliphatic heterocycles. The van der Waals surface area contributed by atoms with E-state index in [2.05, 4.69) is 28.5 Å². The molecule has 36 heavy (non-hydrogen) atoms. The molecule has 1 amide bonds. The molecular formula is C24H27ClFN5O3S2. The summed E-state index contributed by atoms with van der Waals surface area (Å²) in [6, 6.07) is 7.33. The van der Waals surface area contributed by atoms with Crippen LogP contribution in [0.1, 0.15) is 31.0 Å². The van der Waals surface area contributed by atoms with Gasteiger partial charge in [-0.2, -0.15) is 4.72 Å². The van der Waals surface area contributed by atoms with E-state index in [1.54, 1.807) is 30.6 Å². The second-order valence-electron chi connectivity index (χ2n) is 8.80. The number of rotatable bonds is 9. The smallest absolute Gasteiger partial charge is 0.245 e. The Morgan fingerprint density at radius 1 is 1.33 bits per heavy atom. The third-order valence-electron chi connectivity index (χ3n) is 6.01. The maximum atomic E-state index is 15.2. The summed E-state index contributed by atoms with van der Waals surface area (Å²) in [6.07, 6.45) is 5.07. The lowest BCUT2D eigenvalue weighted by molar-refractivity contribution is -0.118. The quantitative estimate of drug-likeness (QED) is 0.429. The highest BCUT2D eigenvalue weighted by molar-refractivity contribution is 7.92. The lowest BCUT2D eigenvalue weighted by atomic mass is 10.2. The third-order valence-corrected chi connectivity index (χ3v) is 8.31. The largest absolute Gasteiger partial charge is 0.308 e. The summed E-state index contributed by atoms with van der Waals surface area (Å²) >= 11 is 7.10. The van der Waals surface area contributed by atoms with Crippen molar-refractivity contribution >= 4 is 50.6 Å². The minimum absolute atomic E-state index is 0.107. The van der Waals surface area contributed by atoms with Crippen LogP contribution in [-0.2, 0) is 21.4 Å². The Kier molecular flexibility index (Phi) is 7.96. The van der Waals surface area contributed by atoms with Crippen LogP contribution in [0.3, 0.4) is 0 Å². The molecule has 1 saturated heterocycles. The van der Waals surface area contributed by atoms with E-state index in [-0.39, 0.29) is 18.7 Å². The summed E-state index contributed by atoms with van der Waals surface area (Å²) in [5, 5.41) is 1.000. The number of carbonyl (C=O) groups is 1. The number of carbonyl (C=O) groups excluding carboxylic acids is 1. The van der Waals surface area contributed by atoms with E-state index in [0.717, 1.165) is 11.2 Å². The number of aromatic nitrogens is 2. The average molecular weight is 552 g/mol. The van der Waals surface area contributed by atoms with Crippen LogP contribution in [0.4, 0.5) is 10.1 Å². The highest BCUT2D eigenvalue weighted by atomic mass is 35.5. The number of anilines is 1. The van der Waals surface area contributed by atoms with E-state index in [1.807, 2.05) is 11.6 Å². The van der Waals surface area contributed by atoms with Crippen molar-refractivity contribution in [1.29, 1.82) is 0 Å². The van der Waals surface area contributed by atoms with Gasteiger partial charge in [0.05, 0.1) is 16.6 Å². The molecule has 192 valence electrons. The standard InChI is InChI=1S/C24H27ClFN5O3S2/c1-16(2)29(3)15-23-27-10-12-30(23)17-4-6-21(19(26)14-17)31-11-8-20(24(31)32)28-36(33,34)13-9-18-5-7-22(25)35-18/h4-7,9-10,12-14,16,20,28H,8,11,15H2,1-3H3/b13-9+. The van der Waals surface area contributed by atoms with Crippen molar-refractivity contribution in [2.75, 3.05) is 18.5 Å². The molecule has 0 spiro atoms. The first-order valence-corrected chi connectivity index (χ1v) is 14.1. The van der Waals surface area contributed by atoms with E-state index < -0.39 is 27.8 Å². The number of thiophene rings is 1. The van der Waals surface area contributed by atoms with Gasteiger partial charge in [-0.3, -0.25) is 9.69 Å². The van der Waals surface area contributed by atoms with E-state index in [4.69, 9.17) is 11.6 Å². The number of nitrogens with one attached hydrogen (secondary N) is 1. The second-order valence-corrected chi connectivity index (χ2v) is 12.1. The summed E-state index contributed by atoms with van der Waals surface area (Å²) in [6.45, 7) is 4.95. The molecule has 2 aromatic heterocycles. The van der Waals surface area contributed by atoms with Crippen molar-refractivity contribution in [2.24, 2.45) is 0 Å². The molecular weight excluding hydrogens is 525 g/mol. The number of nitrogens with zero attached hydrogens (tertiary/aromatic N) is 4. The Bertz CT molecular complexity index is 1390. The van der Waals surface area contributed by atoms with Crippen molar-refractivity contribution in [2.45, 2.75) is 38.9 Å². The highest BCUT2D eigenvalue weighted by Crippen LogP contribution is 2.28. The van der Waals surface area contributed by atoms with Crippen molar-refractivity contribution in [1.82, 2.24) is 19.2 Å². The van der Waals surface area contributed by atoms with Gasteiger partial charge >= 0.3 is 0 Å². The Hall–Kier alpha value is -2.57. The predicted octanol–water partition coefficient (Wildman–Crippen LogP) is 4.26. The molecule has 1 aromatic carbocycles. The molecule has 0 aliphatic carbocycles. The van der Waals surface area contributed by atoms with Crippen LogP contribution in [0.25, 0.3) is 11.8 Å². The van der Waals surface area contributed by atoms with Crippen LogP contribution in [0.5, 0.6) is 0 Å². The fourth-order valence-corrected chi connectivity index (χ4v) is 5.87. The maximum Gasteiger partial charge on any atom is 0.245 e. The number of halogens is 2. The van der Waals surface area contributed by atoms with Gasteiger partial charge < -0.3 is 9.47 Å². The lowest BCUT2D eigenvalue weighted by Gasteiger charge is -2.21. The summed E-state index contributed by atoms with van der Waals surface area (Å²) in [4.78, 5) is 21.4. The van der Waals surface area contributed by atoms with Crippen molar-refractivity contribution in [3.8, 4) is 5.69 Å². The first kappa shape index (κ1) is 26.5. The first-order chi connectivity index (χ1) is 17.0. The SMILES string of the molecule is CC(C)N(C)Cc1nccn1-c1ccc(N2CCC(NS(=O)(=O)/C=C/c3ccc(Cl)s3)C2=O)c(F)c1. The van der Waals surface area contributed by atoms with Crippen molar-refractivity contribution in [3.63, 3.8) is 0 Å². The Morgan fingerprint density at radius 2 is 2.11 bits per heavy atom. The molecule has 1 unspecified atom stereocenters. The lowest BCUT2D eigenvalue weighted by Crippen LogP contribution is -2.40. The topological polar surface area (TPSA) is 87.5 Å². The molecule has 1 fully saturated rings. The summed E-state index contributed by atoms with van der Waals surface area (Å²) in [7, 11) is -1.89. The zero-order valence-electron chi connectivity index (χ0n) is 20.1. The normalized spacial score (nSPS) is 16.8. The average Bonchev–Trinajstić information content (AvgIpc) is 3.54. The molecule has 1 N–H and O–H groups in total.